The molecular weight excluding hydrogens is 661 g/mol. The van der Waals surface area contributed by atoms with Crippen LogP contribution in [-0.2, 0) is 0 Å². The van der Waals surface area contributed by atoms with Gasteiger partial charge in [-0.2, -0.15) is 0 Å². The lowest BCUT2D eigenvalue weighted by Crippen LogP contribution is -2.50. The van der Waals surface area contributed by atoms with E-state index in [9.17, 15) is 0 Å². The van der Waals surface area contributed by atoms with Crippen LogP contribution in [0.3, 0.4) is 0 Å². The summed E-state index contributed by atoms with van der Waals surface area (Å²) < 4.78 is 4.86. The fraction of sp³-hybridized carbons (Fsp3) is 0.0417. The van der Waals surface area contributed by atoms with Gasteiger partial charge in [-0.25, -0.2) is 9.97 Å². The highest BCUT2D eigenvalue weighted by Crippen LogP contribution is 2.43. The van der Waals surface area contributed by atoms with E-state index in [0.29, 0.717) is 0 Å². The number of aromatic nitrogens is 4. The molecule has 0 spiro atoms. The first-order valence-corrected chi connectivity index (χ1v) is 21.3. The molecule has 10 aromatic rings. The van der Waals surface area contributed by atoms with E-state index in [1.807, 2.05) is 6.07 Å². The average molecular weight is 695 g/mol. The first-order valence-electron chi connectivity index (χ1n) is 18.3. The number of benzene rings is 7. The predicted molar refractivity (Wildman–Crippen MR) is 224 cm³/mol. The molecule has 3 aromatic heterocycles. The zero-order valence-corrected chi connectivity index (χ0v) is 30.5. The van der Waals surface area contributed by atoms with Gasteiger partial charge in [-0.3, -0.25) is 0 Å². The fourth-order valence-electron chi connectivity index (χ4n) is 8.87. The van der Waals surface area contributed by atoms with E-state index in [1.165, 1.54) is 65.2 Å². The highest BCUT2D eigenvalue weighted by Gasteiger charge is 2.41. The Kier molecular flexibility index (Phi) is 6.37. The Morgan fingerprint density at radius 2 is 1.08 bits per heavy atom. The van der Waals surface area contributed by atoms with E-state index >= 15 is 0 Å². The van der Waals surface area contributed by atoms with Gasteiger partial charge in [-0.1, -0.05) is 140 Å². The summed E-state index contributed by atoms with van der Waals surface area (Å²) in [4.78, 5) is 10.7. The molecule has 5 heteroatoms. The maximum Gasteiger partial charge on any atom is 0.159 e. The molecule has 1 aliphatic rings. The Bertz CT molecular complexity index is 3070. The Morgan fingerprint density at radius 3 is 1.85 bits per heavy atom. The molecule has 4 heterocycles. The zero-order chi connectivity index (χ0) is 35.3. The molecule has 0 aliphatic carbocycles. The molecule has 0 amide bonds. The molecule has 0 atom stereocenters. The van der Waals surface area contributed by atoms with Crippen molar-refractivity contribution < 1.29 is 0 Å². The second-order valence-corrected chi connectivity index (χ2v) is 18.9. The van der Waals surface area contributed by atoms with Crippen LogP contribution >= 0.6 is 0 Å². The van der Waals surface area contributed by atoms with Gasteiger partial charge in [0.15, 0.2) is 5.82 Å². The van der Waals surface area contributed by atoms with Crippen LogP contribution in [-0.4, -0.2) is 27.2 Å². The predicted octanol–water partition coefficient (Wildman–Crippen LogP) is 10.8. The van der Waals surface area contributed by atoms with Crippen molar-refractivity contribution in [3.05, 3.63) is 170 Å². The van der Waals surface area contributed by atoms with E-state index in [4.69, 9.17) is 9.97 Å². The van der Waals surface area contributed by atoms with E-state index < -0.39 is 8.07 Å². The van der Waals surface area contributed by atoms with Crippen LogP contribution < -0.4 is 10.5 Å². The van der Waals surface area contributed by atoms with Crippen molar-refractivity contribution in [2.75, 3.05) is 0 Å². The Balaban J connectivity index is 1.17. The van der Waals surface area contributed by atoms with Crippen LogP contribution in [0, 0.1) is 0 Å². The minimum atomic E-state index is -2.05. The van der Waals surface area contributed by atoms with Crippen LogP contribution in [0.1, 0.15) is 0 Å². The molecule has 0 unspecified atom stereocenters. The lowest BCUT2D eigenvalue weighted by Gasteiger charge is -2.19. The van der Waals surface area contributed by atoms with Gasteiger partial charge in [-0.15, -0.1) is 0 Å². The molecule has 7 aromatic carbocycles. The molecule has 250 valence electrons. The smallest absolute Gasteiger partial charge is 0.159 e. The van der Waals surface area contributed by atoms with Gasteiger partial charge >= 0.3 is 0 Å². The highest BCUT2D eigenvalue weighted by atomic mass is 28.3. The number of fused-ring (bicyclic) bond motifs is 10. The number of rotatable bonds is 4. The van der Waals surface area contributed by atoms with Crippen LogP contribution in [0.5, 0.6) is 0 Å². The molecule has 0 saturated carbocycles. The first kappa shape index (κ1) is 30.1. The zero-order valence-electron chi connectivity index (χ0n) is 29.5. The lowest BCUT2D eigenvalue weighted by atomic mass is 10.00. The van der Waals surface area contributed by atoms with Crippen LogP contribution in [0.25, 0.3) is 88.8 Å². The van der Waals surface area contributed by atoms with Gasteiger partial charge in [-0.05, 0) is 53.2 Å². The summed E-state index contributed by atoms with van der Waals surface area (Å²) in [6.07, 6.45) is 0. The van der Waals surface area contributed by atoms with Crippen LogP contribution in [0.4, 0.5) is 0 Å². The van der Waals surface area contributed by atoms with Gasteiger partial charge in [0.05, 0.1) is 27.8 Å². The van der Waals surface area contributed by atoms with Crippen molar-refractivity contribution in [3.8, 4) is 45.1 Å². The van der Waals surface area contributed by atoms with Crippen LogP contribution in [0.15, 0.2) is 170 Å². The van der Waals surface area contributed by atoms with Crippen molar-refractivity contribution in [2.24, 2.45) is 0 Å². The molecular formula is C48H34N4Si. The maximum absolute atomic E-state index is 5.35. The Hall–Kier alpha value is -6.56. The van der Waals surface area contributed by atoms with E-state index in [1.54, 1.807) is 0 Å². The maximum atomic E-state index is 5.35. The summed E-state index contributed by atoms with van der Waals surface area (Å²) in [6, 6.07) is 61.3. The largest absolute Gasteiger partial charge is 0.309 e. The first-order chi connectivity index (χ1) is 26.1. The lowest BCUT2D eigenvalue weighted by molar-refractivity contribution is 1.17. The van der Waals surface area contributed by atoms with Crippen molar-refractivity contribution in [1.82, 2.24) is 19.1 Å². The number of nitrogens with zero attached hydrogens (tertiary/aromatic N) is 4. The average Bonchev–Trinajstić information content (AvgIpc) is 3.82. The van der Waals surface area contributed by atoms with E-state index in [2.05, 4.69) is 186 Å². The molecule has 0 fully saturated rings. The SMILES string of the molecule is C[Si]1(C)c2ccccc2-c2c(-c3ccc(-n4c5ccccc5c5ccc6c(c7ccccc7n6-c6ccccc6)c54)cc3)nc(-c3ccccc3)nc21. The third-order valence-electron chi connectivity index (χ3n) is 11.3. The molecule has 1 aliphatic heterocycles. The number of para-hydroxylation sites is 3. The standard InChI is InChI=1S/C48H34N4Si/c1-53(2)42-24-14-11-21-38(42)44-45(49-47(50-48(44)53)32-15-5-3-6-16-32)31-25-27-34(28-26-31)52-39-22-12-9-19-35(39)36-29-30-41-43(46(36)52)37-20-10-13-23-40(37)51(41)33-17-7-4-8-18-33/h3-30H,1-2H3. The van der Waals surface area contributed by atoms with Gasteiger partial charge in [0.1, 0.15) is 8.07 Å². The third-order valence-corrected chi connectivity index (χ3v) is 14.6. The second kappa shape index (κ2) is 11.2. The van der Waals surface area contributed by atoms with Crippen molar-refractivity contribution in [3.63, 3.8) is 0 Å². The third kappa shape index (κ3) is 4.29. The Morgan fingerprint density at radius 1 is 0.453 bits per heavy atom. The summed E-state index contributed by atoms with van der Waals surface area (Å²) in [7, 11) is -2.05. The summed E-state index contributed by atoms with van der Waals surface area (Å²) in [5.41, 5.74) is 12.7. The van der Waals surface area contributed by atoms with E-state index in [-0.39, 0.29) is 0 Å². The fourth-order valence-corrected chi connectivity index (χ4v) is 11.8. The monoisotopic (exact) mass is 694 g/mol. The van der Waals surface area contributed by atoms with Gasteiger partial charge in [0, 0.05) is 54.9 Å². The normalized spacial score (nSPS) is 13.2. The molecule has 53 heavy (non-hydrogen) atoms. The Labute approximate surface area is 308 Å². The van der Waals surface area contributed by atoms with Crippen molar-refractivity contribution in [2.45, 2.75) is 13.1 Å². The second-order valence-electron chi connectivity index (χ2n) is 14.6. The number of hydrogen-bond acceptors (Lipinski definition) is 2. The molecule has 0 saturated heterocycles. The quantitative estimate of drug-likeness (QED) is 0.172. The van der Waals surface area contributed by atoms with E-state index in [0.717, 1.165) is 34.0 Å². The summed E-state index contributed by atoms with van der Waals surface area (Å²) in [6.45, 7) is 4.84. The minimum Gasteiger partial charge on any atom is -0.309 e. The molecule has 4 nitrogen and oxygen atoms in total. The molecule has 0 radical (unpaired) electrons. The summed E-state index contributed by atoms with van der Waals surface area (Å²) in [5, 5.41) is 7.63. The molecule has 0 bridgehead atoms. The van der Waals surface area contributed by atoms with Crippen LogP contribution in [0.2, 0.25) is 13.1 Å². The minimum absolute atomic E-state index is 0.788. The highest BCUT2D eigenvalue weighted by molar-refractivity contribution is 7.03. The number of hydrogen-bond donors (Lipinski definition) is 0. The van der Waals surface area contributed by atoms with Crippen molar-refractivity contribution >= 4 is 62.2 Å². The topological polar surface area (TPSA) is 35.6 Å². The van der Waals surface area contributed by atoms with Gasteiger partial charge in [0.2, 0.25) is 0 Å². The van der Waals surface area contributed by atoms with Crippen molar-refractivity contribution in [1.29, 1.82) is 0 Å². The molecule has 0 N–H and O–H groups in total. The molecule has 11 rings (SSSR count). The van der Waals surface area contributed by atoms with Gasteiger partial charge in [0.25, 0.3) is 0 Å². The summed E-state index contributed by atoms with van der Waals surface area (Å²) in [5.74, 6) is 0.788. The van der Waals surface area contributed by atoms with Gasteiger partial charge < -0.3 is 9.13 Å². The summed E-state index contributed by atoms with van der Waals surface area (Å²) >= 11 is 0.